The zero-order chi connectivity index (χ0) is 9.52. The maximum atomic E-state index is 10.8. The molecule has 0 aliphatic carbocycles. The average Bonchev–Trinajstić information content (AvgIpc) is 2.19. The smallest absolute Gasteiger partial charge is 0.223 e. The van der Waals surface area contributed by atoms with Gasteiger partial charge in [0.05, 0.1) is 0 Å². The molecule has 1 amide bonds. The molecule has 0 saturated heterocycles. The van der Waals surface area contributed by atoms with Crippen molar-refractivity contribution in [1.82, 2.24) is 5.32 Å². The van der Waals surface area contributed by atoms with E-state index >= 15 is 0 Å². The molecule has 0 spiro atoms. The van der Waals surface area contributed by atoms with Crippen LogP contribution in [0.1, 0.15) is 12.5 Å². The highest BCUT2D eigenvalue weighted by atomic mass is 16.1. The van der Waals surface area contributed by atoms with E-state index < -0.39 is 0 Å². The molecule has 1 aromatic rings. The van der Waals surface area contributed by atoms with E-state index in [2.05, 4.69) is 17.4 Å². The highest BCUT2D eigenvalue weighted by molar-refractivity contribution is 5.83. The van der Waals surface area contributed by atoms with E-state index in [0.717, 1.165) is 6.42 Å². The van der Waals surface area contributed by atoms with Crippen molar-refractivity contribution >= 4 is 5.91 Å². The summed E-state index contributed by atoms with van der Waals surface area (Å²) in [4.78, 5) is 10.8. The van der Waals surface area contributed by atoms with Crippen molar-refractivity contribution in [3.05, 3.63) is 42.3 Å². The molecule has 1 aromatic carbocycles. The van der Waals surface area contributed by atoms with Crippen LogP contribution in [0.4, 0.5) is 0 Å². The van der Waals surface area contributed by atoms with Crippen LogP contribution in [0.25, 0.3) is 0 Å². The number of carbonyl (C=O) groups is 1. The molecule has 0 unspecified atom stereocenters. The van der Waals surface area contributed by atoms with E-state index in [1.54, 1.807) is 6.92 Å². The largest absolute Gasteiger partial charge is 0.356 e. The van der Waals surface area contributed by atoms with Gasteiger partial charge in [-0.1, -0.05) is 37.3 Å². The summed E-state index contributed by atoms with van der Waals surface area (Å²) in [6, 6.07) is 10.1. The lowest BCUT2D eigenvalue weighted by Gasteiger charge is -2.02. The van der Waals surface area contributed by atoms with Crippen molar-refractivity contribution in [2.24, 2.45) is 0 Å². The van der Waals surface area contributed by atoms with Crippen LogP contribution in [0.3, 0.4) is 0 Å². The molecule has 13 heavy (non-hydrogen) atoms. The molecule has 0 aliphatic rings. The molecule has 2 heteroatoms. The normalized spacial score (nSPS) is 9.62. The third-order valence-corrected chi connectivity index (χ3v) is 1.82. The zero-order valence-electron chi connectivity index (χ0n) is 7.79. The first kappa shape index (κ1) is 9.78. The monoisotopic (exact) mass is 176 g/mol. The number of benzene rings is 1. The van der Waals surface area contributed by atoms with E-state index in [-0.39, 0.29) is 5.91 Å². The Morgan fingerprint density at radius 3 is 2.69 bits per heavy atom. The summed E-state index contributed by atoms with van der Waals surface area (Å²) in [6.45, 7) is 2.44. The second kappa shape index (κ2) is 5.36. The van der Waals surface area contributed by atoms with Crippen LogP contribution in [0.5, 0.6) is 0 Å². The topological polar surface area (TPSA) is 29.1 Å². The second-order valence-corrected chi connectivity index (χ2v) is 2.82. The molecule has 69 valence electrons. The van der Waals surface area contributed by atoms with E-state index in [9.17, 15) is 4.79 Å². The summed E-state index contributed by atoms with van der Waals surface area (Å²) in [5.41, 5.74) is 1.25. The number of rotatable bonds is 4. The van der Waals surface area contributed by atoms with E-state index in [1.165, 1.54) is 12.0 Å². The second-order valence-electron chi connectivity index (χ2n) is 2.82. The SMILES string of the molecule is C[CH]C(=O)NCCc1ccccc1. The van der Waals surface area contributed by atoms with Gasteiger partial charge in [0, 0.05) is 13.0 Å². The van der Waals surface area contributed by atoms with Crippen molar-refractivity contribution in [2.45, 2.75) is 13.3 Å². The third kappa shape index (κ3) is 3.74. The Labute approximate surface area is 79.0 Å². The van der Waals surface area contributed by atoms with Crippen molar-refractivity contribution in [1.29, 1.82) is 0 Å². The Bertz CT molecular complexity index is 256. The number of hydrogen-bond donors (Lipinski definition) is 1. The van der Waals surface area contributed by atoms with Crippen molar-refractivity contribution in [3.8, 4) is 0 Å². The van der Waals surface area contributed by atoms with Crippen LogP contribution < -0.4 is 5.32 Å². The first-order valence-electron chi connectivity index (χ1n) is 4.44. The van der Waals surface area contributed by atoms with Gasteiger partial charge in [0.2, 0.25) is 5.91 Å². The van der Waals surface area contributed by atoms with Gasteiger partial charge >= 0.3 is 0 Å². The molecule has 1 radical (unpaired) electrons. The van der Waals surface area contributed by atoms with Gasteiger partial charge in [0.15, 0.2) is 0 Å². The highest BCUT2D eigenvalue weighted by Gasteiger charge is 1.95. The molecular weight excluding hydrogens is 162 g/mol. The molecule has 0 aromatic heterocycles. The van der Waals surface area contributed by atoms with Gasteiger partial charge in [-0.05, 0) is 12.0 Å². The number of amides is 1. The predicted molar refractivity (Wildman–Crippen MR) is 53.1 cm³/mol. The Kier molecular flexibility index (Phi) is 4.03. The summed E-state index contributed by atoms with van der Waals surface area (Å²) >= 11 is 0. The molecule has 0 atom stereocenters. The highest BCUT2D eigenvalue weighted by Crippen LogP contribution is 1.97. The van der Waals surface area contributed by atoms with E-state index in [1.807, 2.05) is 18.2 Å². The van der Waals surface area contributed by atoms with Crippen molar-refractivity contribution < 1.29 is 4.79 Å². The molecule has 0 fully saturated rings. The minimum atomic E-state index is -0.00377. The summed E-state index contributed by atoms with van der Waals surface area (Å²) in [6.07, 6.45) is 2.42. The molecule has 0 aliphatic heterocycles. The zero-order valence-corrected chi connectivity index (χ0v) is 7.79. The maximum absolute atomic E-state index is 10.8. The van der Waals surface area contributed by atoms with Crippen LogP contribution in [0, 0.1) is 6.42 Å². The number of carbonyl (C=O) groups excluding carboxylic acids is 1. The molecule has 0 heterocycles. The fourth-order valence-corrected chi connectivity index (χ4v) is 1.08. The average molecular weight is 176 g/mol. The maximum Gasteiger partial charge on any atom is 0.223 e. The summed E-state index contributed by atoms with van der Waals surface area (Å²) in [7, 11) is 0. The summed E-state index contributed by atoms with van der Waals surface area (Å²) < 4.78 is 0. The van der Waals surface area contributed by atoms with Crippen LogP contribution in [-0.2, 0) is 11.2 Å². The summed E-state index contributed by atoms with van der Waals surface area (Å²) in [5.74, 6) is -0.00377. The molecule has 1 rings (SSSR count). The van der Waals surface area contributed by atoms with Crippen LogP contribution in [0.2, 0.25) is 0 Å². The minimum absolute atomic E-state index is 0.00377. The number of nitrogens with one attached hydrogen (secondary N) is 1. The Hall–Kier alpha value is -1.31. The van der Waals surface area contributed by atoms with Gasteiger partial charge in [0.1, 0.15) is 0 Å². The third-order valence-electron chi connectivity index (χ3n) is 1.82. The first-order valence-corrected chi connectivity index (χ1v) is 4.44. The Morgan fingerprint density at radius 2 is 2.08 bits per heavy atom. The standard InChI is InChI=1S/C11H14NO/c1-2-11(13)12-9-8-10-6-4-3-5-7-10/h2-7H,8-9H2,1H3,(H,12,13). The van der Waals surface area contributed by atoms with Crippen molar-refractivity contribution in [3.63, 3.8) is 0 Å². The fourth-order valence-electron chi connectivity index (χ4n) is 1.08. The lowest BCUT2D eigenvalue weighted by molar-refractivity contribution is -0.117. The van der Waals surface area contributed by atoms with Gasteiger partial charge in [0.25, 0.3) is 0 Å². The quantitative estimate of drug-likeness (QED) is 0.741. The van der Waals surface area contributed by atoms with E-state index in [0.29, 0.717) is 6.54 Å². The van der Waals surface area contributed by atoms with Crippen molar-refractivity contribution in [2.75, 3.05) is 6.54 Å². The molecule has 1 N–H and O–H groups in total. The Balaban J connectivity index is 2.24. The van der Waals surface area contributed by atoms with Crippen LogP contribution >= 0.6 is 0 Å². The molecule has 0 bridgehead atoms. The summed E-state index contributed by atoms with van der Waals surface area (Å²) in [5, 5.41) is 2.79. The van der Waals surface area contributed by atoms with Gasteiger partial charge < -0.3 is 5.32 Å². The predicted octanol–water partition coefficient (Wildman–Crippen LogP) is 1.57. The van der Waals surface area contributed by atoms with E-state index in [4.69, 9.17) is 0 Å². The molecule has 2 nitrogen and oxygen atoms in total. The minimum Gasteiger partial charge on any atom is -0.356 e. The van der Waals surface area contributed by atoms with Gasteiger partial charge in [-0.25, -0.2) is 0 Å². The lowest BCUT2D eigenvalue weighted by Crippen LogP contribution is -2.24. The van der Waals surface area contributed by atoms with Crippen LogP contribution in [-0.4, -0.2) is 12.5 Å². The van der Waals surface area contributed by atoms with Gasteiger partial charge in [-0.15, -0.1) is 0 Å². The van der Waals surface area contributed by atoms with Gasteiger partial charge in [-0.3, -0.25) is 4.79 Å². The van der Waals surface area contributed by atoms with Gasteiger partial charge in [-0.2, -0.15) is 0 Å². The molecular formula is C11H14NO. The number of hydrogen-bond acceptors (Lipinski definition) is 1. The Morgan fingerprint density at radius 1 is 1.38 bits per heavy atom. The molecule has 0 saturated carbocycles. The lowest BCUT2D eigenvalue weighted by atomic mass is 10.1. The first-order chi connectivity index (χ1) is 6.33. The van der Waals surface area contributed by atoms with Crippen LogP contribution in [0.15, 0.2) is 30.3 Å². The fraction of sp³-hybridized carbons (Fsp3) is 0.273.